The molecule has 2 aromatic carbocycles. The fourth-order valence-electron chi connectivity index (χ4n) is 2.61. The highest BCUT2D eigenvalue weighted by molar-refractivity contribution is 6.06. The number of anilines is 1. The molecule has 0 saturated heterocycles. The Labute approximate surface area is 157 Å². The number of nitrogens with one attached hydrogen (secondary N) is 1. The Balaban J connectivity index is 1.88. The van der Waals surface area contributed by atoms with Crippen molar-refractivity contribution in [2.45, 2.75) is 6.18 Å². The average Bonchev–Trinajstić information content (AvgIpc) is 3.17. The van der Waals surface area contributed by atoms with Crippen molar-refractivity contribution < 1.29 is 31.9 Å². The van der Waals surface area contributed by atoms with Crippen molar-refractivity contribution in [3.8, 4) is 11.3 Å². The zero-order chi connectivity index (χ0) is 20.3. The van der Waals surface area contributed by atoms with E-state index in [4.69, 9.17) is 4.42 Å². The molecule has 8 heteroatoms. The molecule has 0 bridgehead atoms. The number of carbonyl (C=O) groups is 2. The zero-order valence-corrected chi connectivity index (χ0v) is 14.5. The number of ether oxygens (including phenoxy) is 1. The van der Waals surface area contributed by atoms with Gasteiger partial charge in [0.05, 0.1) is 23.9 Å². The molecule has 0 spiro atoms. The van der Waals surface area contributed by atoms with Crippen LogP contribution in [0.4, 0.5) is 18.9 Å². The summed E-state index contributed by atoms with van der Waals surface area (Å²) in [7, 11) is 1.21. The summed E-state index contributed by atoms with van der Waals surface area (Å²) < 4.78 is 49.5. The van der Waals surface area contributed by atoms with Crippen molar-refractivity contribution in [2.75, 3.05) is 12.4 Å². The largest absolute Gasteiger partial charge is 0.465 e. The van der Waals surface area contributed by atoms with Crippen molar-refractivity contribution in [3.05, 3.63) is 77.6 Å². The third-order valence-corrected chi connectivity index (χ3v) is 3.91. The van der Waals surface area contributed by atoms with Gasteiger partial charge < -0.3 is 14.5 Å². The van der Waals surface area contributed by atoms with Gasteiger partial charge in [0.1, 0.15) is 5.76 Å². The number of methoxy groups -OCH3 is 1. The summed E-state index contributed by atoms with van der Waals surface area (Å²) in [4.78, 5) is 24.2. The summed E-state index contributed by atoms with van der Waals surface area (Å²) in [6.45, 7) is 0. The second-order valence-electron chi connectivity index (χ2n) is 5.70. The minimum absolute atomic E-state index is 0.0978. The summed E-state index contributed by atoms with van der Waals surface area (Å²) in [6, 6.07) is 13.6. The van der Waals surface area contributed by atoms with Gasteiger partial charge in [0.15, 0.2) is 5.76 Å². The third kappa shape index (κ3) is 3.90. The van der Waals surface area contributed by atoms with Crippen LogP contribution in [0.2, 0.25) is 0 Å². The minimum Gasteiger partial charge on any atom is -0.465 e. The first-order chi connectivity index (χ1) is 13.3. The van der Waals surface area contributed by atoms with Crippen molar-refractivity contribution in [3.63, 3.8) is 0 Å². The van der Waals surface area contributed by atoms with E-state index in [1.165, 1.54) is 49.6 Å². The molecule has 1 N–H and O–H groups in total. The smallest absolute Gasteiger partial charge is 0.417 e. The number of alkyl halides is 3. The van der Waals surface area contributed by atoms with E-state index in [1.807, 2.05) is 0 Å². The first kappa shape index (κ1) is 19.2. The Morgan fingerprint density at radius 1 is 0.964 bits per heavy atom. The van der Waals surface area contributed by atoms with Gasteiger partial charge in [-0.2, -0.15) is 13.2 Å². The lowest BCUT2D eigenvalue weighted by molar-refractivity contribution is -0.137. The van der Waals surface area contributed by atoms with E-state index in [0.717, 1.165) is 6.07 Å². The lowest BCUT2D eigenvalue weighted by Gasteiger charge is -2.11. The Morgan fingerprint density at radius 3 is 2.36 bits per heavy atom. The number of halogens is 3. The van der Waals surface area contributed by atoms with E-state index in [9.17, 15) is 22.8 Å². The predicted molar refractivity (Wildman–Crippen MR) is 94.9 cm³/mol. The maximum absolute atomic E-state index is 13.2. The quantitative estimate of drug-likeness (QED) is 0.638. The van der Waals surface area contributed by atoms with E-state index >= 15 is 0 Å². The molecule has 1 aromatic heterocycles. The number of rotatable bonds is 4. The Kier molecular flexibility index (Phi) is 5.21. The molecular formula is C20H14F3NO4. The number of benzene rings is 2. The first-order valence-corrected chi connectivity index (χ1v) is 8.06. The maximum Gasteiger partial charge on any atom is 0.417 e. The molecule has 144 valence electrons. The molecular weight excluding hydrogens is 375 g/mol. The standard InChI is InChI=1S/C20H14F3NO4/c1-27-19(26)13-7-3-5-9-15(13)24-18(25)17-11-10-16(28-17)12-6-2-4-8-14(12)20(21,22)23/h2-11H,1H3,(H,24,25). The highest BCUT2D eigenvalue weighted by atomic mass is 19.4. The molecule has 1 amide bonds. The van der Waals surface area contributed by atoms with Crippen LogP contribution < -0.4 is 5.32 Å². The van der Waals surface area contributed by atoms with Crippen molar-refractivity contribution in [1.82, 2.24) is 0 Å². The SMILES string of the molecule is COC(=O)c1ccccc1NC(=O)c1ccc(-c2ccccc2C(F)(F)F)o1. The summed E-state index contributed by atoms with van der Waals surface area (Å²) in [5, 5.41) is 2.50. The van der Waals surface area contributed by atoms with E-state index < -0.39 is 23.6 Å². The highest BCUT2D eigenvalue weighted by Crippen LogP contribution is 2.37. The van der Waals surface area contributed by atoms with Crippen molar-refractivity contribution >= 4 is 17.6 Å². The molecule has 0 atom stereocenters. The highest BCUT2D eigenvalue weighted by Gasteiger charge is 2.34. The Morgan fingerprint density at radius 2 is 1.64 bits per heavy atom. The Bertz CT molecular complexity index is 1020. The molecule has 0 saturated carbocycles. The van der Waals surface area contributed by atoms with E-state index in [-0.39, 0.29) is 28.3 Å². The summed E-state index contributed by atoms with van der Waals surface area (Å²) in [5.74, 6) is -1.66. The van der Waals surface area contributed by atoms with Crippen LogP contribution >= 0.6 is 0 Å². The van der Waals surface area contributed by atoms with Crippen LogP contribution in [0.1, 0.15) is 26.5 Å². The van der Waals surface area contributed by atoms with Crippen LogP contribution in [0.3, 0.4) is 0 Å². The fourth-order valence-corrected chi connectivity index (χ4v) is 2.61. The van der Waals surface area contributed by atoms with E-state index in [2.05, 4.69) is 10.1 Å². The minimum atomic E-state index is -4.56. The predicted octanol–water partition coefficient (Wildman–Crippen LogP) is 5.00. The number of amides is 1. The van der Waals surface area contributed by atoms with Gasteiger partial charge in [0, 0.05) is 5.56 Å². The van der Waals surface area contributed by atoms with Gasteiger partial charge >= 0.3 is 12.1 Å². The number of esters is 1. The molecule has 0 radical (unpaired) electrons. The fraction of sp³-hybridized carbons (Fsp3) is 0.100. The van der Waals surface area contributed by atoms with Gasteiger partial charge in [-0.15, -0.1) is 0 Å². The number of furan rings is 1. The molecule has 28 heavy (non-hydrogen) atoms. The number of hydrogen-bond donors (Lipinski definition) is 1. The topological polar surface area (TPSA) is 68.5 Å². The average molecular weight is 389 g/mol. The van der Waals surface area contributed by atoms with Crippen LogP contribution in [0.5, 0.6) is 0 Å². The number of carbonyl (C=O) groups excluding carboxylic acids is 2. The molecule has 0 aliphatic rings. The summed E-state index contributed by atoms with van der Waals surface area (Å²) in [5.41, 5.74) is -0.725. The molecule has 3 aromatic rings. The van der Waals surface area contributed by atoms with Crippen LogP contribution in [-0.4, -0.2) is 19.0 Å². The second-order valence-corrected chi connectivity index (χ2v) is 5.70. The van der Waals surface area contributed by atoms with Gasteiger partial charge in [0.2, 0.25) is 0 Å². The van der Waals surface area contributed by atoms with E-state index in [1.54, 1.807) is 12.1 Å². The molecule has 0 fully saturated rings. The zero-order valence-electron chi connectivity index (χ0n) is 14.5. The van der Waals surface area contributed by atoms with Crippen LogP contribution in [-0.2, 0) is 10.9 Å². The van der Waals surface area contributed by atoms with Gasteiger partial charge in [-0.05, 0) is 30.3 Å². The molecule has 1 heterocycles. The lowest BCUT2D eigenvalue weighted by Crippen LogP contribution is -2.14. The van der Waals surface area contributed by atoms with Crippen LogP contribution in [0.25, 0.3) is 11.3 Å². The lowest BCUT2D eigenvalue weighted by atomic mass is 10.1. The van der Waals surface area contributed by atoms with Gasteiger partial charge in [-0.3, -0.25) is 4.79 Å². The second kappa shape index (κ2) is 7.59. The molecule has 0 unspecified atom stereocenters. The molecule has 5 nitrogen and oxygen atoms in total. The molecule has 0 aliphatic heterocycles. The number of hydrogen-bond acceptors (Lipinski definition) is 4. The summed E-state index contributed by atoms with van der Waals surface area (Å²) in [6.07, 6.45) is -4.56. The van der Waals surface area contributed by atoms with Gasteiger partial charge in [-0.25, -0.2) is 4.79 Å². The normalized spacial score (nSPS) is 11.1. The first-order valence-electron chi connectivity index (χ1n) is 8.06. The number of para-hydroxylation sites is 1. The van der Waals surface area contributed by atoms with Crippen LogP contribution in [0, 0.1) is 0 Å². The summed E-state index contributed by atoms with van der Waals surface area (Å²) >= 11 is 0. The molecule has 0 aliphatic carbocycles. The third-order valence-electron chi connectivity index (χ3n) is 3.91. The van der Waals surface area contributed by atoms with Crippen molar-refractivity contribution in [1.29, 1.82) is 0 Å². The van der Waals surface area contributed by atoms with Crippen LogP contribution in [0.15, 0.2) is 65.1 Å². The van der Waals surface area contributed by atoms with Gasteiger partial charge in [-0.1, -0.05) is 30.3 Å². The van der Waals surface area contributed by atoms with E-state index in [0.29, 0.717) is 0 Å². The molecule has 3 rings (SSSR count). The van der Waals surface area contributed by atoms with Crippen molar-refractivity contribution in [2.24, 2.45) is 0 Å². The van der Waals surface area contributed by atoms with Gasteiger partial charge in [0.25, 0.3) is 5.91 Å². The maximum atomic E-state index is 13.2. The monoisotopic (exact) mass is 389 g/mol. The Hall–Kier alpha value is -3.55.